The van der Waals surface area contributed by atoms with E-state index in [1.807, 2.05) is 37.5 Å². The summed E-state index contributed by atoms with van der Waals surface area (Å²) in [5, 5.41) is 9.11. The zero-order valence-electron chi connectivity index (χ0n) is 19.0. The Morgan fingerprint density at radius 3 is 2.41 bits per heavy atom. The molecule has 0 radical (unpaired) electrons. The van der Waals surface area contributed by atoms with Crippen LogP contribution in [-0.2, 0) is 7.05 Å². The van der Waals surface area contributed by atoms with Crippen molar-refractivity contribution >= 4 is 16.6 Å². The van der Waals surface area contributed by atoms with Crippen LogP contribution in [0.1, 0.15) is 25.7 Å². The first kappa shape index (κ1) is 22.8. The van der Waals surface area contributed by atoms with Crippen LogP contribution in [0.3, 0.4) is 0 Å². The Bertz CT molecular complexity index is 1220. The molecule has 3 aromatic rings. The topological polar surface area (TPSA) is 46.0 Å². The fraction of sp³-hybridized carbons (Fsp3) is 0.440. The molecule has 5 rings (SSSR count). The highest BCUT2D eigenvalue weighted by molar-refractivity contribution is 5.88. The van der Waals surface area contributed by atoms with Gasteiger partial charge in [-0.05, 0) is 48.8 Å². The fourth-order valence-electron chi connectivity index (χ4n) is 4.70. The second kappa shape index (κ2) is 8.08. The molecule has 1 aromatic carbocycles. The quantitative estimate of drug-likeness (QED) is 0.466. The minimum Gasteiger partial charge on any atom is -0.341 e. The van der Waals surface area contributed by atoms with Gasteiger partial charge in [0, 0.05) is 55.7 Å². The van der Waals surface area contributed by atoms with E-state index in [1.165, 1.54) is 0 Å². The molecule has 0 amide bonds. The highest BCUT2D eigenvalue weighted by atomic mass is 19.4. The molecule has 9 heteroatoms. The molecule has 0 atom stereocenters. The molecule has 0 spiro atoms. The van der Waals surface area contributed by atoms with Crippen molar-refractivity contribution in [1.82, 2.24) is 19.7 Å². The van der Waals surface area contributed by atoms with Crippen LogP contribution in [0.15, 0.2) is 55.1 Å². The number of aromatic nitrogens is 3. The van der Waals surface area contributed by atoms with Gasteiger partial charge in [0.25, 0.3) is 0 Å². The lowest BCUT2D eigenvalue weighted by molar-refractivity contribution is -0.193. The molecule has 1 aliphatic carbocycles. The number of nitrogens with zero attached hydrogens (tertiary/aromatic N) is 4. The van der Waals surface area contributed by atoms with Gasteiger partial charge in [0.15, 0.2) is 5.67 Å². The largest absolute Gasteiger partial charge is 0.395 e. The zero-order valence-corrected chi connectivity index (χ0v) is 19.0. The number of nitrogens with one attached hydrogen (secondary N) is 1. The standard InChI is InChI=1S/C25H27F4N5/c1-17(24(26)7-9-34(10-8-24)16-23(5-6-23)25(27,28)29)32-22-12-20-11-18(3-4-19(20)13-30-22)21-14-31-33(2)15-21/h3-4,11-15H,1,5-10,16H2,2H3,(H,30,32). The zero-order chi connectivity index (χ0) is 24.1. The first-order chi connectivity index (χ1) is 16.1. The summed E-state index contributed by atoms with van der Waals surface area (Å²) >= 11 is 0. The highest BCUT2D eigenvalue weighted by Crippen LogP contribution is 2.58. The lowest BCUT2D eigenvalue weighted by Crippen LogP contribution is -2.47. The van der Waals surface area contributed by atoms with Crippen molar-refractivity contribution in [3.63, 3.8) is 0 Å². The normalized spacial score (nSPS) is 19.8. The molecule has 1 saturated heterocycles. The first-order valence-corrected chi connectivity index (χ1v) is 11.4. The van der Waals surface area contributed by atoms with Crippen molar-refractivity contribution < 1.29 is 17.6 Å². The average Bonchev–Trinajstić information content (AvgIpc) is 3.47. The van der Waals surface area contributed by atoms with E-state index in [0.29, 0.717) is 5.82 Å². The minimum absolute atomic E-state index is 0.0437. The van der Waals surface area contributed by atoms with E-state index in [4.69, 9.17) is 0 Å². The number of hydrogen-bond donors (Lipinski definition) is 1. The van der Waals surface area contributed by atoms with Crippen LogP contribution in [0.4, 0.5) is 23.4 Å². The monoisotopic (exact) mass is 473 g/mol. The van der Waals surface area contributed by atoms with Gasteiger partial charge in [-0.15, -0.1) is 0 Å². The van der Waals surface area contributed by atoms with Crippen molar-refractivity contribution in [2.45, 2.75) is 37.5 Å². The molecule has 2 aliphatic rings. The van der Waals surface area contributed by atoms with Crippen LogP contribution >= 0.6 is 0 Å². The van der Waals surface area contributed by atoms with E-state index >= 15 is 4.39 Å². The van der Waals surface area contributed by atoms with E-state index in [2.05, 4.69) is 22.0 Å². The van der Waals surface area contributed by atoms with Gasteiger partial charge in [-0.25, -0.2) is 9.37 Å². The Morgan fingerprint density at radius 2 is 1.79 bits per heavy atom. The molecule has 2 fully saturated rings. The van der Waals surface area contributed by atoms with Crippen molar-refractivity contribution in [3.05, 3.63) is 55.1 Å². The third kappa shape index (κ3) is 4.29. The number of alkyl halides is 4. The summed E-state index contributed by atoms with van der Waals surface area (Å²) in [7, 11) is 1.86. The maximum Gasteiger partial charge on any atom is 0.395 e. The van der Waals surface area contributed by atoms with Gasteiger partial charge in [0.2, 0.25) is 0 Å². The number of allylic oxidation sites excluding steroid dienone is 1. The number of likely N-dealkylation sites (tertiary alicyclic amines) is 1. The maximum absolute atomic E-state index is 15.7. The van der Waals surface area contributed by atoms with Crippen molar-refractivity contribution in [3.8, 4) is 11.1 Å². The highest BCUT2D eigenvalue weighted by Gasteiger charge is 2.63. The first-order valence-electron chi connectivity index (χ1n) is 11.4. The third-order valence-corrected chi connectivity index (χ3v) is 7.21. The SMILES string of the molecule is C=C(Nc1cc2cc(-c3cnn(C)c3)ccc2cn1)C1(F)CCN(CC2(C(F)(F)F)CC2)CC1. The number of hydrogen-bond acceptors (Lipinski definition) is 4. The molecule has 1 aliphatic heterocycles. The summed E-state index contributed by atoms with van der Waals surface area (Å²) in [5.41, 5.74) is -1.09. The van der Waals surface area contributed by atoms with Gasteiger partial charge in [-0.1, -0.05) is 18.7 Å². The Labute approximate surface area is 195 Å². The number of pyridine rings is 1. The maximum atomic E-state index is 15.7. The van der Waals surface area contributed by atoms with Gasteiger partial charge in [0.1, 0.15) is 5.82 Å². The van der Waals surface area contributed by atoms with Crippen molar-refractivity contribution in [2.75, 3.05) is 25.0 Å². The van der Waals surface area contributed by atoms with E-state index in [-0.39, 0.29) is 51.0 Å². The molecule has 5 nitrogen and oxygen atoms in total. The van der Waals surface area contributed by atoms with E-state index in [1.54, 1.807) is 22.0 Å². The molecule has 2 aromatic heterocycles. The van der Waals surface area contributed by atoms with Crippen LogP contribution in [0.2, 0.25) is 0 Å². The van der Waals surface area contributed by atoms with Gasteiger partial charge < -0.3 is 10.2 Å². The summed E-state index contributed by atoms with van der Waals surface area (Å²) < 4.78 is 57.2. The molecule has 34 heavy (non-hydrogen) atoms. The van der Waals surface area contributed by atoms with Crippen molar-refractivity contribution in [2.24, 2.45) is 12.5 Å². The number of halogens is 4. The fourth-order valence-corrected chi connectivity index (χ4v) is 4.70. The van der Waals surface area contributed by atoms with Crippen LogP contribution < -0.4 is 5.32 Å². The second-order valence-electron chi connectivity index (χ2n) is 9.66. The summed E-state index contributed by atoms with van der Waals surface area (Å²) in [5.74, 6) is 0.481. The molecular weight excluding hydrogens is 446 g/mol. The summed E-state index contributed by atoms with van der Waals surface area (Å²) in [6.45, 7) is 4.41. The third-order valence-electron chi connectivity index (χ3n) is 7.21. The van der Waals surface area contributed by atoms with Crippen molar-refractivity contribution in [1.29, 1.82) is 0 Å². The summed E-state index contributed by atoms with van der Waals surface area (Å²) in [6, 6.07) is 7.85. The van der Waals surface area contributed by atoms with Gasteiger partial charge in [0.05, 0.1) is 11.6 Å². The predicted molar refractivity (Wildman–Crippen MR) is 124 cm³/mol. The number of rotatable bonds is 6. The molecule has 1 N–H and O–H groups in total. The van der Waals surface area contributed by atoms with E-state index in [0.717, 1.165) is 21.9 Å². The Hall–Kier alpha value is -2.94. The number of benzene rings is 1. The molecule has 0 unspecified atom stereocenters. The summed E-state index contributed by atoms with van der Waals surface area (Å²) in [4.78, 5) is 6.12. The van der Waals surface area contributed by atoms with Crippen LogP contribution in [0.5, 0.6) is 0 Å². The lowest BCUT2D eigenvalue weighted by atomic mass is 9.89. The van der Waals surface area contributed by atoms with Gasteiger partial charge >= 0.3 is 6.18 Å². The molecule has 1 saturated carbocycles. The molecule has 0 bridgehead atoms. The Balaban J connectivity index is 1.25. The van der Waals surface area contributed by atoms with E-state index in [9.17, 15) is 13.2 Å². The molecule has 3 heterocycles. The summed E-state index contributed by atoms with van der Waals surface area (Å²) in [6.07, 6.45) is 1.79. The van der Waals surface area contributed by atoms with Gasteiger partial charge in [-0.2, -0.15) is 18.3 Å². The average molecular weight is 474 g/mol. The number of aryl methyl sites for hydroxylation is 1. The Kier molecular flexibility index (Phi) is 5.42. The smallest absolute Gasteiger partial charge is 0.341 e. The van der Waals surface area contributed by atoms with Crippen LogP contribution in [-0.4, -0.2) is 51.1 Å². The molecular formula is C25H27F4N5. The number of piperidine rings is 1. The second-order valence-corrected chi connectivity index (χ2v) is 9.66. The van der Waals surface area contributed by atoms with Crippen LogP contribution in [0.25, 0.3) is 21.9 Å². The molecule has 180 valence electrons. The Morgan fingerprint density at radius 1 is 1.06 bits per heavy atom. The lowest BCUT2D eigenvalue weighted by Gasteiger charge is -2.39. The van der Waals surface area contributed by atoms with Gasteiger partial charge in [-0.3, -0.25) is 4.68 Å². The number of anilines is 1. The minimum atomic E-state index is -4.19. The predicted octanol–water partition coefficient (Wildman–Crippen LogP) is 5.71. The van der Waals surface area contributed by atoms with E-state index < -0.39 is 17.3 Å². The number of fused-ring (bicyclic) bond motifs is 1. The van der Waals surface area contributed by atoms with Crippen LogP contribution in [0, 0.1) is 5.41 Å².